The van der Waals surface area contributed by atoms with E-state index < -0.39 is 0 Å². The molecule has 1 rings (SSSR count). The van der Waals surface area contributed by atoms with Crippen molar-refractivity contribution in [3.63, 3.8) is 0 Å². The predicted molar refractivity (Wildman–Crippen MR) is 92.3 cm³/mol. The summed E-state index contributed by atoms with van der Waals surface area (Å²) in [5, 5.41) is 0. The van der Waals surface area contributed by atoms with Crippen molar-refractivity contribution in [2.24, 2.45) is 0 Å². The van der Waals surface area contributed by atoms with Gasteiger partial charge in [0.15, 0.2) is 0 Å². The van der Waals surface area contributed by atoms with Crippen LogP contribution in [0.2, 0.25) is 0 Å². The number of hydrogen-bond donors (Lipinski definition) is 0. The number of ether oxygens (including phenoxy) is 3. The molecule has 0 spiro atoms. The van der Waals surface area contributed by atoms with Gasteiger partial charge >= 0.3 is 0 Å². The molecule has 0 unspecified atom stereocenters. The Morgan fingerprint density at radius 2 is 1.39 bits per heavy atom. The zero-order chi connectivity index (χ0) is 16.6. The van der Waals surface area contributed by atoms with Crippen LogP contribution in [0.5, 0.6) is 5.75 Å². The van der Waals surface area contributed by atoms with Crippen molar-refractivity contribution in [1.29, 1.82) is 0 Å². The van der Waals surface area contributed by atoms with E-state index in [0.717, 1.165) is 25.1 Å². The van der Waals surface area contributed by atoms with E-state index in [1.165, 1.54) is 32.1 Å². The minimum atomic E-state index is 0.498. The molecule has 0 aliphatic heterocycles. The van der Waals surface area contributed by atoms with Crippen LogP contribution in [-0.2, 0) is 9.47 Å². The largest absolute Gasteiger partial charge is 0.491 e. The van der Waals surface area contributed by atoms with Gasteiger partial charge in [0.1, 0.15) is 18.6 Å². The first kappa shape index (κ1) is 19.7. The van der Waals surface area contributed by atoms with Crippen molar-refractivity contribution in [2.75, 3.05) is 33.0 Å². The summed E-state index contributed by atoms with van der Waals surface area (Å²) in [5.74, 6) is 0.749. The maximum Gasteiger partial charge on any atom is 0.150 e. The normalized spacial score (nSPS) is 10.7. The lowest BCUT2D eigenvalue weighted by atomic mass is 10.1. The van der Waals surface area contributed by atoms with Gasteiger partial charge in [0.2, 0.25) is 0 Å². The maximum absolute atomic E-state index is 10.5. The average Bonchev–Trinajstić information content (AvgIpc) is 2.59. The Bertz CT molecular complexity index is 389. The van der Waals surface area contributed by atoms with Gasteiger partial charge in [0.25, 0.3) is 0 Å². The van der Waals surface area contributed by atoms with Crippen LogP contribution in [0.25, 0.3) is 0 Å². The van der Waals surface area contributed by atoms with Gasteiger partial charge in [-0.25, -0.2) is 0 Å². The van der Waals surface area contributed by atoms with Gasteiger partial charge in [-0.2, -0.15) is 0 Å². The van der Waals surface area contributed by atoms with E-state index in [1.807, 2.05) is 0 Å². The van der Waals surface area contributed by atoms with Crippen LogP contribution >= 0.6 is 0 Å². The number of rotatable bonds is 15. The fourth-order valence-corrected chi connectivity index (χ4v) is 2.17. The van der Waals surface area contributed by atoms with Crippen LogP contribution in [0.1, 0.15) is 55.8 Å². The van der Waals surface area contributed by atoms with Crippen molar-refractivity contribution >= 4 is 6.29 Å². The van der Waals surface area contributed by atoms with Gasteiger partial charge in [-0.15, -0.1) is 0 Å². The summed E-state index contributed by atoms with van der Waals surface area (Å²) in [4.78, 5) is 10.5. The molecule has 0 amide bonds. The summed E-state index contributed by atoms with van der Waals surface area (Å²) in [5.41, 5.74) is 0.649. The number of aldehydes is 1. The average molecular weight is 322 g/mol. The Kier molecular flexibility index (Phi) is 12.2. The highest BCUT2D eigenvalue weighted by Crippen LogP contribution is 2.10. The second-order valence-corrected chi connectivity index (χ2v) is 5.53. The fraction of sp³-hybridized carbons (Fsp3) is 0.632. The Labute approximate surface area is 140 Å². The van der Waals surface area contributed by atoms with E-state index in [2.05, 4.69) is 6.92 Å². The number of carbonyl (C=O) groups excluding carboxylic acids is 1. The van der Waals surface area contributed by atoms with Crippen molar-refractivity contribution in [3.8, 4) is 5.75 Å². The highest BCUT2D eigenvalue weighted by molar-refractivity contribution is 5.74. The van der Waals surface area contributed by atoms with Gasteiger partial charge < -0.3 is 14.2 Å². The molecule has 23 heavy (non-hydrogen) atoms. The van der Waals surface area contributed by atoms with E-state index in [4.69, 9.17) is 14.2 Å². The van der Waals surface area contributed by atoms with Crippen LogP contribution in [0.4, 0.5) is 0 Å². The first-order valence-electron chi connectivity index (χ1n) is 8.70. The van der Waals surface area contributed by atoms with Crippen LogP contribution < -0.4 is 4.74 Å². The first-order chi connectivity index (χ1) is 11.4. The number of unbranched alkanes of at least 4 members (excludes halogenated alkanes) is 5. The predicted octanol–water partition coefficient (Wildman–Crippen LogP) is 4.27. The van der Waals surface area contributed by atoms with E-state index in [1.54, 1.807) is 24.3 Å². The third-order valence-corrected chi connectivity index (χ3v) is 3.53. The van der Waals surface area contributed by atoms with E-state index in [-0.39, 0.29) is 0 Å². The quantitative estimate of drug-likeness (QED) is 0.357. The molecule has 0 saturated heterocycles. The third kappa shape index (κ3) is 10.9. The lowest BCUT2D eigenvalue weighted by molar-refractivity contribution is 0.0352. The lowest BCUT2D eigenvalue weighted by Gasteiger charge is -2.08. The zero-order valence-electron chi connectivity index (χ0n) is 14.3. The summed E-state index contributed by atoms with van der Waals surface area (Å²) in [6.45, 7) is 5.34. The molecule has 0 aliphatic rings. The molecule has 0 heterocycles. The smallest absolute Gasteiger partial charge is 0.150 e. The highest BCUT2D eigenvalue weighted by Gasteiger charge is 1.96. The first-order valence-corrected chi connectivity index (χ1v) is 8.70. The van der Waals surface area contributed by atoms with Crippen molar-refractivity contribution in [2.45, 2.75) is 45.4 Å². The Morgan fingerprint density at radius 3 is 2.09 bits per heavy atom. The fourth-order valence-electron chi connectivity index (χ4n) is 2.17. The molecule has 130 valence electrons. The Morgan fingerprint density at radius 1 is 0.783 bits per heavy atom. The zero-order valence-corrected chi connectivity index (χ0v) is 14.3. The summed E-state index contributed by atoms with van der Waals surface area (Å²) < 4.78 is 16.5. The van der Waals surface area contributed by atoms with Crippen molar-refractivity contribution in [3.05, 3.63) is 29.8 Å². The molecule has 0 saturated carbocycles. The number of carbonyl (C=O) groups is 1. The standard InChI is InChI=1S/C19H30O4/c1-2-3-4-5-6-7-12-21-13-14-22-15-16-23-19-10-8-18(17-20)9-11-19/h8-11,17H,2-7,12-16H2,1H3. The molecule has 0 aliphatic carbocycles. The lowest BCUT2D eigenvalue weighted by Crippen LogP contribution is -2.11. The Balaban J connectivity index is 1.83. The molecule has 4 heteroatoms. The van der Waals surface area contributed by atoms with Crippen LogP contribution in [0.15, 0.2) is 24.3 Å². The molecule has 0 fully saturated rings. The summed E-state index contributed by atoms with van der Waals surface area (Å²) >= 11 is 0. The topological polar surface area (TPSA) is 44.8 Å². The molecule has 4 nitrogen and oxygen atoms in total. The van der Waals surface area contributed by atoms with E-state index in [0.29, 0.717) is 32.0 Å². The van der Waals surface area contributed by atoms with Gasteiger partial charge in [-0.05, 0) is 30.7 Å². The number of hydrogen-bond acceptors (Lipinski definition) is 4. The van der Waals surface area contributed by atoms with E-state index >= 15 is 0 Å². The minimum absolute atomic E-state index is 0.498. The Hall–Kier alpha value is -1.39. The molecule has 0 N–H and O–H groups in total. The summed E-state index contributed by atoms with van der Waals surface area (Å²) in [7, 11) is 0. The minimum Gasteiger partial charge on any atom is -0.491 e. The number of benzene rings is 1. The highest BCUT2D eigenvalue weighted by atomic mass is 16.5. The molecule has 1 aromatic carbocycles. The molecule has 0 atom stereocenters. The van der Waals surface area contributed by atoms with Crippen LogP contribution in [0, 0.1) is 0 Å². The van der Waals surface area contributed by atoms with Gasteiger partial charge in [-0.3, -0.25) is 4.79 Å². The van der Waals surface area contributed by atoms with Gasteiger partial charge in [0, 0.05) is 12.2 Å². The van der Waals surface area contributed by atoms with Gasteiger partial charge in [-0.1, -0.05) is 39.0 Å². The maximum atomic E-state index is 10.5. The molecular weight excluding hydrogens is 292 g/mol. The van der Waals surface area contributed by atoms with Crippen molar-refractivity contribution in [1.82, 2.24) is 0 Å². The molecule has 1 aromatic rings. The molecular formula is C19H30O4. The molecule has 0 bridgehead atoms. The summed E-state index contributed by atoms with van der Waals surface area (Å²) in [6.07, 6.45) is 8.52. The summed E-state index contributed by atoms with van der Waals surface area (Å²) in [6, 6.07) is 7.04. The second kappa shape index (κ2) is 14.2. The second-order valence-electron chi connectivity index (χ2n) is 5.53. The SMILES string of the molecule is CCCCCCCCOCCOCCOc1ccc(C=O)cc1. The third-order valence-electron chi connectivity index (χ3n) is 3.53. The van der Waals surface area contributed by atoms with E-state index in [9.17, 15) is 4.79 Å². The van der Waals surface area contributed by atoms with Gasteiger partial charge in [0.05, 0.1) is 19.8 Å². The molecule has 0 radical (unpaired) electrons. The molecule has 0 aromatic heterocycles. The van der Waals surface area contributed by atoms with Crippen LogP contribution in [0.3, 0.4) is 0 Å². The van der Waals surface area contributed by atoms with Crippen molar-refractivity contribution < 1.29 is 19.0 Å². The monoisotopic (exact) mass is 322 g/mol. The van der Waals surface area contributed by atoms with Crippen LogP contribution in [-0.4, -0.2) is 39.3 Å².